The van der Waals surface area contributed by atoms with E-state index in [4.69, 9.17) is 4.74 Å². The summed E-state index contributed by atoms with van der Waals surface area (Å²) in [7, 11) is 1.26. The van der Waals surface area contributed by atoms with Gasteiger partial charge in [-0.1, -0.05) is 18.6 Å². The first-order valence-corrected chi connectivity index (χ1v) is 9.48. The molecule has 1 N–H and O–H groups in total. The summed E-state index contributed by atoms with van der Waals surface area (Å²) in [6.07, 6.45) is 1.74. The molecule has 0 aromatic heterocycles. The minimum absolute atomic E-state index is 0.187. The van der Waals surface area contributed by atoms with Gasteiger partial charge in [0.2, 0.25) is 5.91 Å². The number of unbranched alkanes of at least 4 members (excludes halogenated alkanes) is 2. The lowest BCUT2D eigenvalue weighted by molar-refractivity contribution is -0.156. The molecule has 150 valence electrons. The first-order valence-electron chi connectivity index (χ1n) is 9.48. The molecule has 1 aromatic rings. The van der Waals surface area contributed by atoms with Gasteiger partial charge in [-0.15, -0.1) is 0 Å². The van der Waals surface area contributed by atoms with Crippen LogP contribution in [0.3, 0.4) is 0 Å². The number of carbonyl (C=O) groups is 4. The molecule has 2 heterocycles. The first kappa shape index (κ1) is 20.0. The van der Waals surface area contributed by atoms with Crippen molar-refractivity contribution in [2.75, 3.05) is 13.7 Å². The van der Waals surface area contributed by atoms with Crippen LogP contribution < -0.4 is 0 Å². The molecular weight excluding hydrogens is 364 g/mol. The zero-order valence-corrected chi connectivity index (χ0v) is 15.8. The van der Waals surface area contributed by atoms with Gasteiger partial charge in [-0.3, -0.25) is 19.3 Å². The van der Waals surface area contributed by atoms with E-state index in [9.17, 15) is 24.3 Å². The van der Waals surface area contributed by atoms with Crippen molar-refractivity contribution in [3.63, 3.8) is 0 Å². The maximum absolute atomic E-state index is 12.4. The quantitative estimate of drug-likeness (QED) is 0.429. The van der Waals surface area contributed by atoms with Crippen molar-refractivity contribution in [1.82, 2.24) is 9.80 Å². The molecule has 2 aliphatic heterocycles. The molecule has 28 heavy (non-hydrogen) atoms. The molecule has 0 spiro atoms. The van der Waals surface area contributed by atoms with Gasteiger partial charge in [0, 0.05) is 13.0 Å². The minimum atomic E-state index is -0.963. The molecule has 0 aliphatic carbocycles. The summed E-state index contributed by atoms with van der Waals surface area (Å²) in [6, 6.07) is 6.02. The minimum Gasteiger partial charge on any atom is -0.467 e. The number of nitrogens with zero attached hydrogens (tertiary/aromatic N) is 2. The fourth-order valence-electron chi connectivity index (χ4n) is 3.79. The molecule has 0 bridgehead atoms. The van der Waals surface area contributed by atoms with Gasteiger partial charge in [0.15, 0.2) is 0 Å². The van der Waals surface area contributed by atoms with E-state index < -0.39 is 18.2 Å². The van der Waals surface area contributed by atoms with Gasteiger partial charge in [-0.25, -0.2) is 4.79 Å². The van der Waals surface area contributed by atoms with E-state index in [2.05, 4.69) is 0 Å². The zero-order valence-electron chi connectivity index (χ0n) is 15.8. The van der Waals surface area contributed by atoms with E-state index in [0.29, 0.717) is 49.8 Å². The maximum atomic E-state index is 12.4. The van der Waals surface area contributed by atoms with Crippen molar-refractivity contribution in [3.05, 3.63) is 35.4 Å². The van der Waals surface area contributed by atoms with E-state index in [-0.39, 0.29) is 24.1 Å². The molecule has 8 heteroatoms. The van der Waals surface area contributed by atoms with E-state index >= 15 is 0 Å². The number of esters is 1. The van der Waals surface area contributed by atoms with E-state index in [1.807, 2.05) is 0 Å². The number of rotatable bonds is 7. The molecule has 2 atom stereocenters. The lowest BCUT2D eigenvalue weighted by Crippen LogP contribution is -2.45. The highest BCUT2D eigenvalue weighted by molar-refractivity contribution is 6.21. The highest BCUT2D eigenvalue weighted by Crippen LogP contribution is 2.25. The number of imide groups is 1. The standard InChI is InChI=1S/C20H24N2O6/c1-28-20(27)15-10-11-17(24)22(15)16(23)9-3-2-6-12-21-18(25)13-7-4-5-8-14(13)19(21)26/h4-5,7-8,15,17,24H,2-3,6,9-12H2,1H3/t15-,17?/m0/s1. The Kier molecular flexibility index (Phi) is 6.08. The van der Waals surface area contributed by atoms with Crippen molar-refractivity contribution in [1.29, 1.82) is 0 Å². The number of aliphatic hydroxyl groups excluding tert-OH is 1. The van der Waals surface area contributed by atoms with Crippen molar-refractivity contribution in [2.24, 2.45) is 0 Å². The average molecular weight is 388 g/mol. The van der Waals surface area contributed by atoms with Crippen LogP contribution in [0.4, 0.5) is 0 Å². The van der Waals surface area contributed by atoms with Gasteiger partial charge in [0.25, 0.3) is 11.8 Å². The second-order valence-electron chi connectivity index (χ2n) is 7.02. The van der Waals surface area contributed by atoms with Crippen LogP contribution in [-0.2, 0) is 14.3 Å². The summed E-state index contributed by atoms with van der Waals surface area (Å²) in [4.78, 5) is 51.2. The van der Waals surface area contributed by atoms with Gasteiger partial charge in [-0.2, -0.15) is 0 Å². The smallest absolute Gasteiger partial charge is 0.328 e. The Bertz CT molecular complexity index is 758. The second-order valence-corrected chi connectivity index (χ2v) is 7.02. The van der Waals surface area contributed by atoms with Crippen LogP contribution in [0.2, 0.25) is 0 Å². The number of ether oxygens (including phenoxy) is 1. The molecule has 2 aliphatic rings. The monoisotopic (exact) mass is 388 g/mol. The van der Waals surface area contributed by atoms with Crippen LogP contribution in [0, 0.1) is 0 Å². The Morgan fingerprint density at radius 3 is 2.32 bits per heavy atom. The maximum Gasteiger partial charge on any atom is 0.328 e. The first-order chi connectivity index (χ1) is 13.5. The lowest BCUT2D eigenvalue weighted by atomic mass is 10.1. The highest BCUT2D eigenvalue weighted by Gasteiger charge is 2.40. The molecular formula is C20H24N2O6. The number of carbonyl (C=O) groups excluding carboxylic acids is 4. The van der Waals surface area contributed by atoms with Crippen molar-refractivity contribution >= 4 is 23.7 Å². The van der Waals surface area contributed by atoms with Crippen LogP contribution in [0.5, 0.6) is 0 Å². The number of aliphatic hydroxyl groups is 1. The molecule has 1 saturated heterocycles. The van der Waals surface area contributed by atoms with Gasteiger partial charge in [-0.05, 0) is 37.8 Å². The number of benzene rings is 1. The Balaban J connectivity index is 1.44. The summed E-state index contributed by atoms with van der Waals surface area (Å²) in [5.74, 6) is -1.37. The van der Waals surface area contributed by atoms with Crippen LogP contribution >= 0.6 is 0 Å². The molecule has 1 unspecified atom stereocenters. The highest BCUT2D eigenvalue weighted by atomic mass is 16.5. The molecule has 1 aromatic carbocycles. The summed E-state index contributed by atoms with van der Waals surface area (Å²) < 4.78 is 4.70. The van der Waals surface area contributed by atoms with Crippen molar-refractivity contribution in [2.45, 2.75) is 50.8 Å². The number of hydrogen-bond donors (Lipinski definition) is 1. The third kappa shape index (κ3) is 3.77. The number of likely N-dealkylation sites (tertiary alicyclic amines) is 1. The Hall–Kier alpha value is -2.74. The van der Waals surface area contributed by atoms with Gasteiger partial charge < -0.3 is 14.7 Å². The van der Waals surface area contributed by atoms with E-state index in [0.717, 1.165) is 0 Å². The van der Waals surface area contributed by atoms with Crippen molar-refractivity contribution < 1.29 is 29.0 Å². The average Bonchev–Trinajstić information content (AvgIpc) is 3.20. The van der Waals surface area contributed by atoms with E-state index in [1.54, 1.807) is 24.3 Å². The zero-order chi connectivity index (χ0) is 20.3. The van der Waals surface area contributed by atoms with Crippen molar-refractivity contribution in [3.8, 4) is 0 Å². The Labute approximate surface area is 163 Å². The molecule has 8 nitrogen and oxygen atoms in total. The number of fused-ring (bicyclic) bond motifs is 1. The Morgan fingerprint density at radius 2 is 1.71 bits per heavy atom. The molecule has 0 saturated carbocycles. The summed E-state index contributed by atoms with van der Waals surface area (Å²) in [5, 5.41) is 9.98. The normalized spacial score (nSPS) is 21.2. The number of amides is 3. The summed E-state index contributed by atoms with van der Waals surface area (Å²) in [5.41, 5.74) is 0.860. The third-order valence-electron chi connectivity index (χ3n) is 5.27. The summed E-state index contributed by atoms with van der Waals surface area (Å²) in [6.45, 7) is 0.303. The van der Waals surface area contributed by atoms with Crippen LogP contribution in [-0.4, -0.2) is 64.5 Å². The largest absolute Gasteiger partial charge is 0.467 e. The predicted octanol–water partition coefficient (Wildman–Crippen LogP) is 1.33. The topological polar surface area (TPSA) is 104 Å². The third-order valence-corrected chi connectivity index (χ3v) is 5.27. The number of methoxy groups -OCH3 is 1. The molecule has 3 rings (SSSR count). The predicted molar refractivity (Wildman–Crippen MR) is 98.2 cm³/mol. The van der Waals surface area contributed by atoms with E-state index in [1.165, 1.54) is 16.9 Å². The molecule has 1 fully saturated rings. The fraction of sp³-hybridized carbons (Fsp3) is 0.500. The lowest BCUT2D eigenvalue weighted by Gasteiger charge is -2.25. The van der Waals surface area contributed by atoms with Crippen LogP contribution in [0.1, 0.15) is 59.2 Å². The fourth-order valence-corrected chi connectivity index (χ4v) is 3.79. The van der Waals surface area contributed by atoms with Crippen LogP contribution in [0.15, 0.2) is 24.3 Å². The van der Waals surface area contributed by atoms with Crippen LogP contribution in [0.25, 0.3) is 0 Å². The van der Waals surface area contributed by atoms with Gasteiger partial charge >= 0.3 is 5.97 Å². The molecule has 0 radical (unpaired) electrons. The van der Waals surface area contributed by atoms with Gasteiger partial charge in [0.1, 0.15) is 12.3 Å². The number of hydrogen-bond acceptors (Lipinski definition) is 6. The Morgan fingerprint density at radius 1 is 1.07 bits per heavy atom. The SMILES string of the molecule is COC(=O)[C@@H]1CCC(O)N1C(=O)CCCCCN1C(=O)c2ccccc2C1=O. The van der Waals surface area contributed by atoms with Gasteiger partial charge in [0.05, 0.1) is 18.2 Å². The summed E-state index contributed by atoms with van der Waals surface area (Å²) >= 11 is 0. The molecule has 3 amide bonds. The second kappa shape index (κ2) is 8.52.